The monoisotopic (exact) mass is 518 g/mol. The smallest absolute Gasteiger partial charge is 0.264 e. The van der Waals surface area contributed by atoms with Crippen molar-refractivity contribution in [2.75, 3.05) is 37.2 Å². The summed E-state index contributed by atoms with van der Waals surface area (Å²) in [5.41, 5.74) is 0.301. The van der Waals surface area contributed by atoms with Gasteiger partial charge in [0.1, 0.15) is 32.1 Å². The van der Waals surface area contributed by atoms with Gasteiger partial charge in [-0.1, -0.05) is 54.6 Å². The molecule has 1 amide bonds. The van der Waals surface area contributed by atoms with E-state index in [0.717, 1.165) is 20.8 Å². The number of ether oxygens (including phenoxy) is 3. The van der Waals surface area contributed by atoms with Gasteiger partial charge in [0.2, 0.25) is 5.91 Å². The summed E-state index contributed by atoms with van der Waals surface area (Å²) in [6, 6.07) is 26.5. The molecule has 0 spiro atoms. The van der Waals surface area contributed by atoms with Gasteiger partial charge in [0.25, 0.3) is 10.0 Å². The van der Waals surface area contributed by atoms with Gasteiger partial charge < -0.3 is 19.5 Å². The molecule has 0 fully saturated rings. The van der Waals surface area contributed by atoms with Crippen molar-refractivity contribution in [3.8, 4) is 17.2 Å². The molecule has 0 aromatic heterocycles. The third-order valence-electron chi connectivity index (χ3n) is 5.86. The first-order chi connectivity index (χ1) is 18.0. The van der Waals surface area contributed by atoms with Crippen LogP contribution in [0.3, 0.4) is 0 Å². The van der Waals surface area contributed by atoms with Gasteiger partial charge in [0.05, 0.1) is 17.1 Å². The van der Waals surface area contributed by atoms with Crippen LogP contribution < -0.4 is 23.8 Å². The molecule has 8 nitrogen and oxygen atoms in total. The predicted molar refractivity (Wildman–Crippen MR) is 141 cm³/mol. The lowest BCUT2D eigenvalue weighted by atomic mass is 10.1. The highest BCUT2D eigenvalue weighted by atomic mass is 32.2. The molecule has 0 saturated heterocycles. The van der Waals surface area contributed by atoms with E-state index in [4.69, 9.17) is 14.2 Å². The standard InChI is InChI=1S/C28H26N2O6S/c31-28(29-15-16-34-25-12-6-8-21-7-4-5-11-24(21)25)20-30(37(32,33)23-9-2-1-3-10-23)22-13-14-26-27(19-22)36-18-17-35-26/h1-14,19H,15-18,20H2,(H,29,31). The number of carbonyl (C=O) groups excluding carboxylic acids is 1. The summed E-state index contributed by atoms with van der Waals surface area (Å²) < 4.78 is 45.2. The average Bonchev–Trinajstić information content (AvgIpc) is 2.94. The number of fused-ring (bicyclic) bond motifs is 2. The van der Waals surface area contributed by atoms with Gasteiger partial charge in [0, 0.05) is 11.5 Å². The number of hydrogen-bond donors (Lipinski definition) is 1. The number of benzene rings is 4. The molecule has 37 heavy (non-hydrogen) atoms. The van der Waals surface area contributed by atoms with Crippen LogP contribution in [0, 0.1) is 0 Å². The highest BCUT2D eigenvalue weighted by Crippen LogP contribution is 2.35. The van der Waals surface area contributed by atoms with Crippen LogP contribution in [0.5, 0.6) is 17.2 Å². The predicted octanol–water partition coefficient (Wildman–Crippen LogP) is 4.00. The van der Waals surface area contributed by atoms with Crippen molar-refractivity contribution < 1.29 is 27.4 Å². The van der Waals surface area contributed by atoms with Crippen molar-refractivity contribution in [3.63, 3.8) is 0 Å². The third-order valence-corrected chi connectivity index (χ3v) is 7.65. The maximum Gasteiger partial charge on any atom is 0.264 e. The fraction of sp³-hybridized carbons (Fsp3) is 0.179. The SMILES string of the molecule is O=C(CN(c1ccc2c(c1)OCCO2)S(=O)(=O)c1ccccc1)NCCOc1cccc2ccccc12. The molecule has 4 aromatic rings. The number of anilines is 1. The minimum atomic E-state index is -4.03. The molecule has 0 bridgehead atoms. The van der Waals surface area contributed by atoms with Crippen LogP contribution in [0.4, 0.5) is 5.69 Å². The minimum absolute atomic E-state index is 0.0805. The molecule has 0 atom stereocenters. The number of carbonyl (C=O) groups is 1. The normalized spacial score (nSPS) is 12.6. The maximum absolute atomic E-state index is 13.5. The van der Waals surface area contributed by atoms with Gasteiger partial charge in [0.15, 0.2) is 11.5 Å². The molecule has 4 aromatic carbocycles. The topological polar surface area (TPSA) is 94.2 Å². The fourth-order valence-electron chi connectivity index (χ4n) is 4.08. The summed E-state index contributed by atoms with van der Waals surface area (Å²) in [7, 11) is -4.03. The van der Waals surface area contributed by atoms with E-state index in [1.807, 2.05) is 42.5 Å². The maximum atomic E-state index is 13.5. The number of nitrogens with one attached hydrogen (secondary N) is 1. The van der Waals surface area contributed by atoms with E-state index in [2.05, 4.69) is 5.32 Å². The van der Waals surface area contributed by atoms with Crippen molar-refractivity contribution in [2.24, 2.45) is 0 Å². The number of rotatable bonds is 9. The van der Waals surface area contributed by atoms with Crippen LogP contribution in [-0.2, 0) is 14.8 Å². The summed E-state index contributed by atoms with van der Waals surface area (Å²) in [5.74, 6) is 1.22. The van der Waals surface area contributed by atoms with Crippen molar-refractivity contribution in [2.45, 2.75) is 4.90 Å². The second-order valence-electron chi connectivity index (χ2n) is 8.33. The van der Waals surface area contributed by atoms with Gasteiger partial charge in [-0.3, -0.25) is 9.10 Å². The van der Waals surface area contributed by atoms with E-state index >= 15 is 0 Å². The van der Waals surface area contributed by atoms with Crippen molar-refractivity contribution in [3.05, 3.63) is 91.0 Å². The van der Waals surface area contributed by atoms with Gasteiger partial charge >= 0.3 is 0 Å². The highest BCUT2D eigenvalue weighted by Gasteiger charge is 2.28. The van der Waals surface area contributed by atoms with Crippen LogP contribution >= 0.6 is 0 Å². The second-order valence-corrected chi connectivity index (χ2v) is 10.2. The summed E-state index contributed by atoms with van der Waals surface area (Å²) in [6.07, 6.45) is 0. The van der Waals surface area contributed by atoms with E-state index in [0.29, 0.717) is 30.4 Å². The van der Waals surface area contributed by atoms with Crippen LogP contribution in [0.15, 0.2) is 95.9 Å². The van der Waals surface area contributed by atoms with Crippen LogP contribution in [-0.4, -0.2) is 47.2 Å². The van der Waals surface area contributed by atoms with E-state index in [1.54, 1.807) is 36.4 Å². The zero-order valence-corrected chi connectivity index (χ0v) is 20.8. The lowest BCUT2D eigenvalue weighted by Gasteiger charge is -2.26. The van der Waals surface area contributed by atoms with E-state index in [9.17, 15) is 13.2 Å². The van der Waals surface area contributed by atoms with Crippen molar-refractivity contribution in [1.82, 2.24) is 5.32 Å². The Morgan fingerprint density at radius 3 is 2.43 bits per heavy atom. The Kier molecular flexibility index (Phi) is 7.14. The number of hydrogen-bond acceptors (Lipinski definition) is 6. The molecule has 1 aliphatic rings. The van der Waals surface area contributed by atoms with Gasteiger partial charge in [-0.2, -0.15) is 0 Å². The Balaban J connectivity index is 1.29. The molecule has 1 aliphatic heterocycles. The highest BCUT2D eigenvalue weighted by molar-refractivity contribution is 7.92. The Morgan fingerprint density at radius 2 is 1.59 bits per heavy atom. The molecule has 1 N–H and O–H groups in total. The summed E-state index contributed by atoms with van der Waals surface area (Å²) in [4.78, 5) is 13.0. The summed E-state index contributed by atoms with van der Waals surface area (Å²) in [5, 5.41) is 4.80. The first kappa shape index (κ1) is 24.5. The Bertz CT molecular complexity index is 1500. The minimum Gasteiger partial charge on any atom is -0.491 e. The quantitative estimate of drug-likeness (QED) is 0.337. The van der Waals surface area contributed by atoms with Gasteiger partial charge in [-0.05, 0) is 35.7 Å². The van der Waals surface area contributed by atoms with E-state index < -0.39 is 22.5 Å². The van der Waals surface area contributed by atoms with E-state index in [-0.39, 0.29) is 18.0 Å². The second kappa shape index (κ2) is 10.8. The molecule has 9 heteroatoms. The Hall–Kier alpha value is -4.24. The fourth-order valence-corrected chi connectivity index (χ4v) is 5.52. The van der Waals surface area contributed by atoms with Crippen LogP contribution in [0.2, 0.25) is 0 Å². The average molecular weight is 519 g/mol. The zero-order chi connectivity index (χ0) is 25.7. The number of nitrogens with zero attached hydrogens (tertiary/aromatic N) is 1. The third kappa shape index (κ3) is 5.46. The molecular formula is C28H26N2O6S. The van der Waals surface area contributed by atoms with Crippen molar-refractivity contribution >= 4 is 32.4 Å². The summed E-state index contributed by atoms with van der Waals surface area (Å²) in [6.45, 7) is 0.809. The molecule has 0 aliphatic carbocycles. The van der Waals surface area contributed by atoms with Crippen LogP contribution in [0.25, 0.3) is 10.8 Å². The zero-order valence-electron chi connectivity index (χ0n) is 20.0. The lowest BCUT2D eigenvalue weighted by Crippen LogP contribution is -2.42. The van der Waals surface area contributed by atoms with Crippen LogP contribution in [0.1, 0.15) is 0 Å². The van der Waals surface area contributed by atoms with E-state index in [1.165, 1.54) is 12.1 Å². The van der Waals surface area contributed by atoms with Gasteiger partial charge in [-0.25, -0.2) is 8.42 Å². The Morgan fingerprint density at radius 1 is 0.865 bits per heavy atom. The molecule has 1 heterocycles. The first-order valence-corrected chi connectivity index (χ1v) is 13.3. The lowest BCUT2D eigenvalue weighted by molar-refractivity contribution is -0.119. The number of sulfonamides is 1. The molecule has 190 valence electrons. The molecule has 0 saturated carbocycles. The molecular weight excluding hydrogens is 492 g/mol. The largest absolute Gasteiger partial charge is 0.491 e. The number of amides is 1. The van der Waals surface area contributed by atoms with Crippen molar-refractivity contribution in [1.29, 1.82) is 0 Å². The molecule has 0 radical (unpaired) electrons. The molecule has 0 unspecified atom stereocenters. The molecule has 5 rings (SSSR count). The summed E-state index contributed by atoms with van der Waals surface area (Å²) >= 11 is 0. The van der Waals surface area contributed by atoms with Gasteiger partial charge in [-0.15, -0.1) is 0 Å². The Labute approximate surface area is 215 Å². The first-order valence-electron chi connectivity index (χ1n) is 11.9.